The number of aromatic nitrogens is 2. The van der Waals surface area contributed by atoms with Crippen LogP contribution in [0.1, 0.15) is 48.6 Å². The molecule has 1 atom stereocenters. The molecule has 1 amide bonds. The Bertz CT molecular complexity index is 1500. The Balaban J connectivity index is 2.09. The van der Waals surface area contributed by atoms with E-state index in [1.165, 1.54) is 0 Å². The first-order chi connectivity index (χ1) is 15.0. The largest absolute Gasteiger partial charge is 0.424 e. The van der Waals surface area contributed by atoms with Crippen LogP contribution < -0.4 is 20.9 Å². The van der Waals surface area contributed by atoms with Crippen molar-refractivity contribution in [2.24, 2.45) is 5.73 Å². The molecule has 9 heteroatoms. The third-order valence-corrected chi connectivity index (χ3v) is 6.95. The molecule has 0 fully saturated rings. The summed E-state index contributed by atoms with van der Waals surface area (Å²) in [5.41, 5.74) is 7.93. The second-order valence-corrected chi connectivity index (χ2v) is 9.43. The number of nitrogens with one attached hydrogen (secondary N) is 2. The van der Waals surface area contributed by atoms with E-state index in [0.29, 0.717) is 11.3 Å². The molecular formula is C23H21N5O3S. The summed E-state index contributed by atoms with van der Waals surface area (Å²) in [7, 11) is 0. The van der Waals surface area contributed by atoms with Crippen molar-refractivity contribution in [2.45, 2.75) is 45.6 Å². The average Bonchev–Trinajstić information content (AvgIpc) is 2.93. The van der Waals surface area contributed by atoms with Gasteiger partial charge in [0.05, 0.1) is 11.2 Å². The van der Waals surface area contributed by atoms with Crippen molar-refractivity contribution in [3.63, 3.8) is 0 Å². The van der Waals surface area contributed by atoms with Crippen LogP contribution in [0.3, 0.4) is 0 Å². The molecule has 1 spiro atoms. The van der Waals surface area contributed by atoms with Crippen molar-refractivity contribution in [3.05, 3.63) is 66.5 Å². The van der Waals surface area contributed by atoms with Gasteiger partial charge in [-0.05, 0) is 69.6 Å². The Hall–Kier alpha value is -3.64. The predicted molar refractivity (Wildman–Crippen MR) is 122 cm³/mol. The summed E-state index contributed by atoms with van der Waals surface area (Å²) in [4.78, 5) is 34.8. The topological polar surface area (TPSA) is 128 Å². The maximum Gasteiger partial charge on any atom is 0.260 e. The first kappa shape index (κ1) is 20.3. The van der Waals surface area contributed by atoms with Gasteiger partial charge >= 0.3 is 0 Å². The van der Waals surface area contributed by atoms with E-state index in [0.717, 1.165) is 22.3 Å². The molecule has 0 saturated carbocycles. The molecule has 4 heterocycles. The number of ether oxygens (including phenoxy) is 1. The summed E-state index contributed by atoms with van der Waals surface area (Å²) in [6.45, 7) is 9.69. The number of fused-ring (bicyclic) bond motifs is 3. The van der Waals surface area contributed by atoms with E-state index in [1.54, 1.807) is 4.90 Å². The monoisotopic (exact) mass is 447 g/mol. The number of hydrogen-bond donors (Lipinski definition) is 3. The molecule has 0 radical (unpaired) electrons. The number of allylic oxidation sites excluding steroid dienone is 1. The number of H-pyrrole nitrogens is 2. The van der Waals surface area contributed by atoms with Gasteiger partial charge in [0.1, 0.15) is 17.2 Å². The Labute approximate surface area is 189 Å². The Kier molecular flexibility index (Phi) is 3.79. The van der Waals surface area contributed by atoms with Crippen LogP contribution >= 0.6 is 12.2 Å². The summed E-state index contributed by atoms with van der Waals surface area (Å²) in [5.74, 6) is -0.682. The van der Waals surface area contributed by atoms with E-state index in [1.807, 2.05) is 46.8 Å². The standard InChI is InChI=1S/C23H21N5O3S/c1-9-6-12-10(2)7-22(4,5)28-16(12)14(11(9)3)23(20(28)30)13(8-24)17(25)31-19-15(23)18(29)26-21(32)27-19/h6-7H,25H2,1-5H3,(H2,26,27,29,32). The van der Waals surface area contributed by atoms with Gasteiger partial charge in [0.15, 0.2) is 10.2 Å². The molecule has 1 aromatic carbocycles. The van der Waals surface area contributed by atoms with Gasteiger partial charge in [-0.1, -0.05) is 6.08 Å². The third kappa shape index (κ3) is 2.12. The van der Waals surface area contributed by atoms with Crippen LogP contribution in [0.4, 0.5) is 5.69 Å². The van der Waals surface area contributed by atoms with Crippen molar-refractivity contribution in [1.82, 2.24) is 9.97 Å². The van der Waals surface area contributed by atoms with E-state index in [-0.39, 0.29) is 27.7 Å². The van der Waals surface area contributed by atoms with Crippen molar-refractivity contribution in [2.75, 3.05) is 4.90 Å². The van der Waals surface area contributed by atoms with Crippen LogP contribution in [0.25, 0.3) is 5.57 Å². The number of carbonyl (C=O) groups excluding carboxylic acids is 1. The number of carbonyl (C=O) groups is 1. The molecule has 3 aliphatic heterocycles. The molecular weight excluding hydrogens is 426 g/mol. The van der Waals surface area contributed by atoms with Crippen LogP contribution in [0, 0.1) is 29.9 Å². The lowest BCUT2D eigenvalue weighted by atomic mass is 9.67. The predicted octanol–water partition coefficient (Wildman–Crippen LogP) is 2.96. The number of nitriles is 1. The fourth-order valence-electron chi connectivity index (χ4n) is 5.45. The Morgan fingerprint density at radius 1 is 1.19 bits per heavy atom. The second-order valence-electron chi connectivity index (χ2n) is 9.03. The quantitative estimate of drug-likeness (QED) is 0.533. The van der Waals surface area contributed by atoms with E-state index < -0.39 is 22.4 Å². The van der Waals surface area contributed by atoms with Gasteiger partial charge in [-0.3, -0.25) is 14.6 Å². The Morgan fingerprint density at radius 2 is 1.88 bits per heavy atom. The zero-order chi connectivity index (χ0) is 23.3. The highest BCUT2D eigenvalue weighted by atomic mass is 32.1. The minimum absolute atomic E-state index is 0.0133. The number of aromatic amines is 2. The van der Waals surface area contributed by atoms with Gasteiger partial charge in [0, 0.05) is 11.1 Å². The van der Waals surface area contributed by atoms with E-state index >= 15 is 0 Å². The van der Waals surface area contributed by atoms with Gasteiger partial charge < -0.3 is 20.4 Å². The first-order valence-electron chi connectivity index (χ1n) is 10.1. The van der Waals surface area contributed by atoms with E-state index in [4.69, 9.17) is 22.7 Å². The lowest BCUT2D eigenvalue weighted by Gasteiger charge is -2.40. The molecule has 3 aliphatic rings. The molecule has 5 rings (SSSR count). The number of aryl methyl sites for hydroxylation is 1. The SMILES string of the molecule is CC1=CC(C)(C)N2C(=O)C3(C(C#N)=C(N)Oc4[nH]c(=S)[nH]c(=O)c43)c3c(C)c(C)cc1c32. The van der Waals surface area contributed by atoms with Crippen LogP contribution in [0.2, 0.25) is 0 Å². The molecule has 1 unspecified atom stereocenters. The molecule has 2 aromatic rings. The zero-order valence-corrected chi connectivity index (χ0v) is 19.1. The molecule has 0 saturated heterocycles. The van der Waals surface area contributed by atoms with Crippen LogP contribution in [0.5, 0.6) is 5.88 Å². The summed E-state index contributed by atoms with van der Waals surface area (Å²) in [5, 5.41) is 10.2. The number of amides is 1. The lowest BCUT2D eigenvalue weighted by molar-refractivity contribution is -0.121. The lowest BCUT2D eigenvalue weighted by Crippen LogP contribution is -2.54. The van der Waals surface area contributed by atoms with Crippen molar-refractivity contribution >= 4 is 29.4 Å². The summed E-state index contributed by atoms with van der Waals surface area (Å²) >= 11 is 5.11. The highest BCUT2D eigenvalue weighted by Crippen LogP contribution is 2.59. The highest BCUT2D eigenvalue weighted by molar-refractivity contribution is 7.71. The van der Waals surface area contributed by atoms with Crippen molar-refractivity contribution in [1.29, 1.82) is 5.26 Å². The fourth-order valence-corrected chi connectivity index (χ4v) is 5.63. The Morgan fingerprint density at radius 3 is 2.53 bits per heavy atom. The van der Waals surface area contributed by atoms with Gasteiger partial charge in [-0.15, -0.1) is 0 Å². The second kappa shape index (κ2) is 5.99. The summed E-state index contributed by atoms with van der Waals surface area (Å²) < 4.78 is 5.64. The fraction of sp³-hybridized carbons (Fsp3) is 0.304. The number of anilines is 1. The van der Waals surface area contributed by atoms with Crippen LogP contribution in [0.15, 0.2) is 28.4 Å². The molecule has 0 aliphatic carbocycles. The molecule has 8 nitrogen and oxygen atoms in total. The van der Waals surface area contributed by atoms with Crippen LogP contribution in [-0.2, 0) is 10.2 Å². The minimum atomic E-state index is -1.75. The zero-order valence-electron chi connectivity index (χ0n) is 18.3. The number of rotatable bonds is 0. The van der Waals surface area contributed by atoms with Crippen molar-refractivity contribution in [3.8, 4) is 11.9 Å². The molecule has 32 heavy (non-hydrogen) atoms. The first-order valence-corrected chi connectivity index (χ1v) is 10.5. The molecule has 0 bridgehead atoms. The van der Waals surface area contributed by atoms with Gasteiger partial charge in [-0.25, -0.2) is 0 Å². The molecule has 1 aromatic heterocycles. The number of nitrogens with two attached hydrogens (primary N) is 1. The van der Waals surface area contributed by atoms with E-state index in [2.05, 4.69) is 16.0 Å². The summed E-state index contributed by atoms with van der Waals surface area (Å²) in [6.07, 6.45) is 2.02. The third-order valence-electron chi connectivity index (χ3n) is 6.74. The van der Waals surface area contributed by atoms with Gasteiger partial charge in [0.2, 0.25) is 17.7 Å². The van der Waals surface area contributed by atoms with Gasteiger partial charge in [-0.2, -0.15) is 5.26 Å². The number of hydrogen-bond acceptors (Lipinski definition) is 6. The smallest absolute Gasteiger partial charge is 0.260 e. The average molecular weight is 448 g/mol. The van der Waals surface area contributed by atoms with Gasteiger partial charge in [0.25, 0.3) is 5.56 Å². The minimum Gasteiger partial charge on any atom is -0.424 e. The summed E-state index contributed by atoms with van der Waals surface area (Å²) in [6, 6.07) is 4.12. The maximum atomic E-state index is 14.5. The molecule has 162 valence electrons. The normalized spacial score (nSPS) is 22.3. The van der Waals surface area contributed by atoms with Crippen LogP contribution in [-0.4, -0.2) is 21.4 Å². The van der Waals surface area contributed by atoms with E-state index in [9.17, 15) is 14.9 Å². The number of benzene rings is 1. The molecule has 4 N–H and O–H groups in total. The number of nitrogens with zero attached hydrogens (tertiary/aromatic N) is 2. The highest BCUT2D eigenvalue weighted by Gasteiger charge is 2.64. The maximum absolute atomic E-state index is 14.5. The van der Waals surface area contributed by atoms with Crippen molar-refractivity contribution < 1.29 is 9.53 Å².